The lowest BCUT2D eigenvalue weighted by molar-refractivity contribution is -0.139. The Morgan fingerprint density at radius 1 is 1.28 bits per heavy atom. The summed E-state index contributed by atoms with van der Waals surface area (Å²) in [5.74, 6) is -1.03. The highest BCUT2D eigenvalue weighted by Gasteiger charge is 2.18. The zero-order valence-electron chi connectivity index (χ0n) is 15.5. The third-order valence-corrected chi connectivity index (χ3v) is 3.88. The number of anilines is 2. The fourth-order valence-corrected chi connectivity index (χ4v) is 2.61. The number of rotatable bonds is 8. The number of aliphatic carboxylic acids is 1. The number of carbonyl (C=O) groups is 2. The summed E-state index contributed by atoms with van der Waals surface area (Å²) in [4.78, 5) is 26.9. The minimum absolute atomic E-state index is 0.0979. The molecule has 0 unspecified atom stereocenters. The number of nitrogens with zero attached hydrogens (tertiary/aromatic N) is 2. The third kappa shape index (κ3) is 4.98. The second-order valence-electron chi connectivity index (χ2n) is 6.13. The molecule has 9 nitrogen and oxygen atoms in total. The molecule has 0 atom stereocenters. The number of carbonyl (C=O) groups excluding carboxylic acids is 1. The highest BCUT2D eigenvalue weighted by atomic mass is 16.5. The molecule has 3 rings (SSSR count). The minimum Gasteiger partial charge on any atom is -0.481 e. The second kappa shape index (κ2) is 8.70. The second-order valence-corrected chi connectivity index (χ2v) is 6.13. The SMILES string of the molecule is Cc1cccc(Nc2[nH]nc(N=Cc3ccccc3OCC(=O)O)c2C(N)=O)c1. The van der Waals surface area contributed by atoms with Crippen molar-refractivity contribution in [1.29, 1.82) is 0 Å². The number of aryl methyl sites for hydroxylation is 1. The van der Waals surface area contributed by atoms with E-state index in [0.717, 1.165) is 11.3 Å². The molecule has 5 N–H and O–H groups in total. The highest BCUT2D eigenvalue weighted by molar-refractivity contribution is 6.03. The molecule has 0 fully saturated rings. The van der Waals surface area contributed by atoms with Crippen molar-refractivity contribution in [3.8, 4) is 5.75 Å². The van der Waals surface area contributed by atoms with Gasteiger partial charge in [0.1, 0.15) is 17.1 Å². The van der Waals surface area contributed by atoms with E-state index in [2.05, 4.69) is 20.5 Å². The molecule has 29 heavy (non-hydrogen) atoms. The summed E-state index contributed by atoms with van der Waals surface area (Å²) >= 11 is 0. The van der Waals surface area contributed by atoms with E-state index in [0.29, 0.717) is 17.1 Å². The smallest absolute Gasteiger partial charge is 0.341 e. The van der Waals surface area contributed by atoms with Crippen LogP contribution in [0.3, 0.4) is 0 Å². The maximum absolute atomic E-state index is 12.0. The van der Waals surface area contributed by atoms with Crippen molar-refractivity contribution < 1.29 is 19.4 Å². The normalized spacial score (nSPS) is 10.8. The van der Waals surface area contributed by atoms with Crippen molar-refractivity contribution in [2.45, 2.75) is 6.92 Å². The lowest BCUT2D eigenvalue weighted by Gasteiger charge is -2.06. The fraction of sp³-hybridized carbons (Fsp3) is 0.100. The van der Waals surface area contributed by atoms with Crippen molar-refractivity contribution >= 4 is 35.4 Å². The zero-order valence-corrected chi connectivity index (χ0v) is 15.5. The number of hydrogen-bond acceptors (Lipinski definition) is 6. The van der Waals surface area contributed by atoms with Crippen LogP contribution in [0.2, 0.25) is 0 Å². The Bertz CT molecular complexity index is 1070. The number of aromatic nitrogens is 2. The van der Waals surface area contributed by atoms with E-state index >= 15 is 0 Å². The maximum atomic E-state index is 12.0. The van der Waals surface area contributed by atoms with Crippen molar-refractivity contribution in [3.63, 3.8) is 0 Å². The molecule has 0 saturated carbocycles. The van der Waals surface area contributed by atoms with Crippen LogP contribution in [0.4, 0.5) is 17.3 Å². The van der Waals surface area contributed by atoms with Crippen LogP contribution in [-0.4, -0.2) is 40.0 Å². The van der Waals surface area contributed by atoms with Crippen molar-refractivity contribution in [1.82, 2.24) is 10.2 Å². The highest BCUT2D eigenvalue weighted by Crippen LogP contribution is 2.27. The summed E-state index contributed by atoms with van der Waals surface area (Å²) in [6.45, 7) is 1.47. The molecular weight excluding hydrogens is 374 g/mol. The molecule has 3 aromatic rings. The number of aromatic amines is 1. The molecule has 1 heterocycles. The molecule has 2 aromatic carbocycles. The van der Waals surface area contributed by atoms with Crippen LogP contribution in [-0.2, 0) is 4.79 Å². The number of amides is 1. The van der Waals surface area contributed by atoms with E-state index < -0.39 is 18.5 Å². The minimum atomic E-state index is -1.09. The number of H-pyrrole nitrogens is 1. The molecule has 0 aliphatic rings. The lowest BCUT2D eigenvalue weighted by atomic mass is 10.2. The van der Waals surface area contributed by atoms with Crippen LogP contribution in [0.15, 0.2) is 53.5 Å². The Labute approximate surface area is 166 Å². The van der Waals surface area contributed by atoms with Gasteiger partial charge in [-0.2, -0.15) is 5.10 Å². The summed E-state index contributed by atoms with van der Waals surface area (Å²) in [5.41, 5.74) is 7.96. The Morgan fingerprint density at radius 3 is 2.79 bits per heavy atom. The summed E-state index contributed by atoms with van der Waals surface area (Å²) in [7, 11) is 0. The topological polar surface area (TPSA) is 143 Å². The number of benzene rings is 2. The van der Waals surface area contributed by atoms with Crippen LogP contribution in [0.5, 0.6) is 5.75 Å². The molecule has 0 aliphatic heterocycles. The molecule has 9 heteroatoms. The van der Waals surface area contributed by atoms with Crippen LogP contribution in [0.25, 0.3) is 0 Å². The zero-order chi connectivity index (χ0) is 20.8. The van der Waals surface area contributed by atoms with Gasteiger partial charge in [0, 0.05) is 17.5 Å². The molecule has 1 amide bonds. The van der Waals surface area contributed by atoms with E-state index in [1.54, 1.807) is 24.3 Å². The first-order valence-corrected chi connectivity index (χ1v) is 8.63. The van der Waals surface area contributed by atoms with Crippen LogP contribution >= 0.6 is 0 Å². The van der Waals surface area contributed by atoms with Gasteiger partial charge < -0.3 is 20.9 Å². The van der Waals surface area contributed by atoms with Crippen molar-refractivity contribution in [3.05, 3.63) is 65.2 Å². The third-order valence-electron chi connectivity index (χ3n) is 3.88. The first-order chi connectivity index (χ1) is 13.9. The van der Waals surface area contributed by atoms with Gasteiger partial charge in [-0.15, -0.1) is 0 Å². The quantitative estimate of drug-likeness (QED) is 0.433. The average Bonchev–Trinajstić information content (AvgIpc) is 3.08. The monoisotopic (exact) mass is 393 g/mol. The van der Waals surface area contributed by atoms with Gasteiger partial charge in [0.2, 0.25) is 0 Å². The van der Waals surface area contributed by atoms with E-state index in [-0.39, 0.29) is 11.4 Å². The summed E-state index contributed by atoms with van der Waals surface area (Å²) in [5, 5.41) is 18.6. The molecule has 0 aliphatic carbocycles. The Balaban J connectivity index is 1.87. The molecule has 0 bridgehead atoms. The van der Waals surface area contributed by atoms with E-state index in [1.165, 1.54) is 6.21 Å². The van der Waals surface area contributed by atoms with Gasteiger partial charge in [-0.3, -0.25) is 9.89 Å². The number of nitrogens with two attached hydrogens (primary N) is 1. The summed E-state index contributed by atoms with van der Waals surface area (Å²) < 4.78 is 5.24. The van der Waals surface area contributed by atoms with Crippen LogP contribution < -0.4 is 15.8 Å². The Kier molecular flexibility index (Phi) is 5.88. The Morgan fingerprint density at radius 2 is 2.07 bits per heavy atom. The van der Waals surface area contributed by atoms with Gasteiger partial charge in [0.15, 0.2) is 12.4 Å². The number of aliphatic imine (C=N–C) groups is 1. The molecule has 0 spiro atoms. The van der Waals surface area contributed by atoms with Gasteiger partial charge >= 0.3 is 5.97 Å². The predicted octanol–water partition coefficient (Wildman–Crippen LogP) is 2.77. The number of hydrogen-bond donors (Lipinski definition) is 4. The lowest BCUT2D eigenvalue weighted by Crippen LogP contribution is -2.12. The largest absolute Gasteiger partial charge is 0.481 e. The number of primary amides is 1. The van der Waals surface area contributed by atoms with Gasteiger partial charge in [-0.25, -0.2) is 9.79 Å². The number of nitrogens with one attached hydrogen (secondary N) is 2. The molecule has 0 saturated heterocycles. The van der Waals surface area contributed by atoms with E-state index in [1.807, 2.05) is 31.2 Å². The van der Waals surface area contributed by atoms with Gasteiger partial charge in [0.05, 0.1) is 0 Å². The maximum Gasteiger partial charge on any atom is 0.341 e. The molecule has 148 valence electrons. The van der Waals surface area contributed by atoms with Crippen LogP contribution in [0, 0.1) is 6.92 Å². The first-order valence-electron chi connectivity index (χ1n) is 8.63. The predicted molar refractivity (Wildman–Crippen MR) is 108 cm³/mol. The number of carboxylic acids is 1. The summed E-state index contributed by atoms with van der Waals surface area (Å²) in [6, 6.07) is 14.4. The average molecular weight is 393 g/mol. The molecule has 1 aromatic heterocycles. The number of ether oxygens (including phenoxy) is 1. The van der Waals surface area contributed by atoms with E-state index in [4.69, 9.17) is 15.6 Å². The number of carboxylic acid groups (broad SMARTS) is 1. The van der Waals surface area contributed by atoms with Gasteiger partial charge in [-0.1, -0.05) is 24.3 Å². The van der Waals surface area contributed by atoms with E-state index in [9.17, 15) is 9.59 Å². The molecule has 0 radical (unpaired) electrons. The Hall–Kier alpha value is -4.14. The molecular formula is C20H19N5O4. The van der Waals surface area contributed by atoms with Gasteiger partial charge in [-0.05, 0) is 36.8 Å². The van der Waals surface area contributed by atoms with Crippen molar-refractivity contribution in [2.75, 3.05) is 11.9 Å². The first kappa shape index (κ1) is 19.6. The standard InChI is InChI=1S/C20H19N5O4/c1-12-5-4-7-14(9-12)23-20-17(18(21)28)19(24-25-20)22-10-13-6-2-3-8-15(13)29-11-16(26)27/h2-10H,11H2,1H3,(H2,21,28)(H,26,27)(H2,23,24,25). The fourth-order valence-electron chi connectivity index (χ4n) is 2.61. The van der Waals surface area contributed by atoms with Crippen LogP contribution in [0.1, 0.15) is 21.5 Å². The van der Waals surface area contributed by atoms with Crippen molar-refractivity contribution in [2.24, 2.45) is 10.7 Å². The number of para-hydroxylation sites is 1. The van der Waals surface area contributed by atoms with Gasteiger partial charge in [0.25, 0.3) is 5.91 Å². The summed E-state index contributed by atoms with van der Waals surface area (Å²) in [6.07, 6.45) is 1.43.